The molecule has 0 atom stereocenters. The van der Waals surface area contributed by atoms with Crippen molar-refractivity contribution < 1.29 is 0 Å². The van der Waals surface area contributed by atoms with Gasteiger partial charge in [0.2, 0.25) is 0 Å². The van der Waals surface area contributed by atoms with Crippen LogP contribution in [0.2, 0.25) is 0 Å². The van der Waals surface area contributed by atoms with E-state index in [9.17, 15) is 0 Å². The summed E-state index contributed by atoms with van der Waals surface area (Å²) in [4.78, 5) is 8.95. The molecule has 0 unspecified atom stereocenters. The van der Waals surface area contributed by atoms with E-state index in [1.165, 1.54) is 0 Å². The maximum atomic E-state index is 4.56. The zero-order valence-electron chi connectivity index (χ0n) is 10.1. The van der Waals surface area contributed by atoms with Crippen molar-refractivity contribution in [3.05, 3.63) is 70.5 Å². The predicted molar refractivity (Wildman–Crippen MR) is 82.6 cm³/mol. The van der Waals surface area contributed by atoms with Gasteiger partial charge in [0.15, 0.2) is 0 Å². The summed E-state index contributed by atoms with van der Waals surface area (Å²) < 4.78 is 1.07. The first-order chi connectivity index (χ1) is 9.33. The molecule has 0 radical (unpaired) electrons. The first-order valence-corrected chi connectivity index (χ1v) is 6.77. The molecule has 3 rings (SSSR count). The van der Waals surface area contributed by atoms with Crippen molar-refractivity contribution in [2.24, 2.45) is 0 Å². The van der Waals surface area contributed by atoms with Crippen molar-refractivity contribution in [2.75, 3.05) is 0 Å². The van der Waals surface area contributed by atoms with Crippen LogP contribution in [0, 0.1) is 0 Å². The van der Waals surface area contributed by atoms with E-state index in [2.05, 4.69) is 32.0 Å². The minimum Gasteiger partial charge on any atom is -0.252 e. The second kappa shape index (κ2) is 5.33. The second-order valence-corrected chi connectivity index (χ2v) is 4.99. The van der Waals surface area contributed by atoms with Crippen LogP contribution in [0.15, 0.2) is 59.2 Å². The number of nitrogens with zero attached hydrogens (tertiary/aromatic N) is 2. The molecule has 92 valence electrons. The minimum atomic E-state index is 0.856. The molecule has 2 aromatic carbocycles. The zero-order chi connectivity index (χ0) is 13.1. The Bertz CT molecular complexity index is 750. The molecule has 0 aliphatic rings. The maximum Gasteiger partial charge on any atom is 0.0894 e. The van der Waals surface area contributed by atoms with E-state index in [0.29, 0.717) is 0 Å². The summed E-state index contributed by atoms with van der Waals surface area (Å²) in [5.41, 5.74) is 3.81. The third-order valence-electron chi connectivity index (χ3n) is 2.81. The minimum absolute atomic E-state index is 0.856. The molecular weight excluding hydrogens is 300 g/mol. The Morgan fingerprint density at radius 3 is 2.42 bits per heavy atom. The summed E-state index contributed by atoms with van der Waals surface area (Å²) in [6.07, 6.45) is 5.79. The lowest BCUT2D eigenvalue weighted by atomic mass is 10.2. The molecule has 0 fully saturated rings. The smallest absolute Gasteiger partial charge is 0.0894 e. The van der Waals surface area contributed by atoms with Gasteiger partial charge >= 0.3 is 0 Å². The maximum absolute atomic E-state index is 4.56. The van der Waals surface area contributed by atoms with Crippen LogP contribution in [0.25, 0.3) is 23.2 Å². The molecule has 3 aromatic rings. The Labute approximate surface area is 120 Å². The van der Waals surface area contributed by atoms with Gasteiger partial charge in [-0.25, -0.2) is 4.98 Å². The first-order valence-electron chi connectivity index (χ1n) is 5.97. The molecular formula is C16H11BrN2. The van der Waals surface area contributed by atoms with Crippen LogP contribution >= 0.6 is 15.9 Å². The van der Waals surface area contributed by atoms with Crippen LogP contribution in [-0.4, -0.2) is 9.97 Å². The van der Waals surface area contributed by atoms with Crippen molar-refractivity contribution in [1.82, 2.24) is 9.97 Å². The van der Waals surface area contributed by atoms with E-state index in [4.69, 9.17) is 0 Å². The van der Waals surface area contributed by atoms with Crippen LogP contribution in [-0.2, 0) is 0 Å². The van der Waals surface area contributed by atoms with Crippen molar-refractivity contribution in [1.29, 1.82) is 0 Å². The number of hydrogen-bond donors (Lipinski definition) is 0. The third kappa shape index (κ3) is 2.71. The van der Waals surface area contributed by atoms with E-state index in [0.717, 1.165) is 26.8 Å². The lowest BCUT2D eigenvalue weighted by Gasteiger charge is -1.99. The highest BCUT2D eigenvalue weighted by Gasteiger charge is 1.97. The summed E-state index contributed by atoms with van der Waals surface area (Å²) in [5.74, 6) is 0. The van der Waals surface area contributed by atoms with Crippen LogP contribution in [0.4, 0.5) is 0 Å². The average molecular weight is 311 g/mol. The molecule has 1 heterocycles. The lowest BCUT2D eigenvalue weighted by Crippen LogP contribution is -1.86. The summed E-state index contributed by atoms with van der Waals surface area (Å²) in [6.45, 7) is 0. The number of halogens is 1. The highest BCUT2D eigenvalue weighted by Crippen LogP contribution is 2.18. The Morgan fingerprint density at radius 2 is 1.58 bits per heavy atom. The van der Waals surface area contributed by atoms with Gasteiger partial charge in [-0.15, -0.1) is 0 Å². The molecule has 0 N–H and O–H groups in total. The first kappa shape index (κ1) is 12.1. The predicted octanol–water partition coefficient (Wildman–Crippen LogP) is 4.56. The van der Waals surface area contributed by atoms with Gasteiger partial charge in [0.05, 0.1) is 22.9 Å². The number of hydrogen-bond acceptors (Lipinski definition) is 2. The van der Waals surface area contributed by atoms with E-state index < -0.39 is 0 Å². The molecule has 0 spiro atoms. The SMILES string of the molecule is Brc1ccccc1C=Cc1cnc2ccccc2n1. The molecule has 0 aliphatic carbocycles. The third-order valence-corrected chi connectivity index (χ3v) is 3.53. The fourth-order valence-electron chi connectivity index (χ4n) is 1.84. The molecule has 0 aliphatic heterocycles. The molecule has 19 heavy (non-hydrogen) atoms. The van der Waals surface area contributed by atoms with E-state index >= 15 is 0 Å². The largest absolute Gasteiger partial charge is 0.252 e. The van der Waals surface area contributed by atoms with Crippen LogP contribution in [0.5, 0.6) is 0 Å². The number of benzene rings is 2. The van der Waals surface area contributed by atoms with Gasteiger partial charge in [-0.3, -0.25) is 4.98 Å². The molecule has 3 heteroatoms. The fourth-order valence-corrected chi connectivity index (χ4v) is 2.25. The fraction of sp³-hybridized carbons (Fsp3) is 0. The summed E-state index contributed by atoms with van der Waals surface area (Å²) in [6, 6.07) is 15.9. The second-order valence-electron chi connectivity index (χ2n) is 4.14. The van der Waals surface area contributed by atoms with Crippen LogP contribution < -0.4 is 0 Å². The number of para-hydroxylation sites is 2. The monoisotopic (exact) mass is 310 g/mol. The highest BCUT2D eigenvalue weighted by molar-refractivity contribution is 9.10. The summed E-state index contributed by atoms with van der Waals surface area (Å²) in [7, 11) is 0. The number of rotatable bonds is 2. The summed E-state index contributed by atoms with van der Waals surface area (Å²) >= 11 is 3.52. The quantitative estimate of drug-likeness (QED) is 0.693. The number of fused-ring (bicyclic) bond motifs is 1. The van der Waals surface area contributed by atoms with E-state index in [1.54, 1.807) is 6.20 Å². The molecule has 0 bridgehead atoms. The van der Waals surface area contributed by atoms with Crippen LogP contribution in [0.3, 0.4) is 0 Å². The topological polar surface area (TPSA) is 25.8 Å². The van der Waals surface area contributed by atoms with Gasteiger partial charge in [0.25, 0.3) is 0 Å². The molecule has 2 nitrogen and oxygen atoms in total. The Morgan fingerprint density at radius 1 is 0.842 bits per heavy atom. The molecule has 0 saturated carbocycles. The standard InChI is InChI=1S/C16H11BrN2/c17-14-6-2-1-5-12(14)9-10-13-11-18-15-7-3-4-8-16(15)19-13/h1-11H. The molecule has 0 amide bonds. The van der Waals surface area contributed by atoms with Gasteiger partial charge in [-0.2, -0.15) is 0 Å². The lowest BCUT2D eigenvalue weighted by molar-refractivity contribution is 1.27. The normalized spacial score (nSPS) is 11.2. The summed E-state index contributed by atoms with van der Waals surface area (Å²) in [5, 5.41) is 0. The van der Waals surface area contributed by atoms with Crippen molar-refractivity contribution in [2.45, 2.75) is 0 Å². The molecule has 1 aromatic heterocycles. The van der Waals surface area contributed by atoms with Gasteiger partial charge in [0, 0.05) is 4.47 Å². The van der Waals surface area contributed by atoms with E-state index in [-0.39, 0.29) is 0 Å². The van der Waals surface area contributed by atoms with Crippen molar-refractivity contribution in [3.63, 3.8) is 0 Å². The van der Waals surface area contributed by atoms with Crippen molar-refractivity contribution >= 4 is 39.1 Å². The Balaban J connectivity index is 1.95. The molecule has 0 saturated heterocycles. The van der Waals surface area contributed by atoms with E-state index in [1.807, 2.05) is 54.6 Å². The zero-order valence-corrected chi connectivity index (χ0v) is 11.7. The number of aromatic nitrogens is 2. The van der Waals surface area contributed by atoms with Gasteiger partial charge < -0.3 is 0 Å². The Kier molecular flexibility index (Phi) is 3.38. The van der Waals surface area contributed by atoms with Gasteiger partial charge in [-0.05, 0) is 29.8 Å². The highest BCUT2D eigenvalue weighted by atomic mass is 79.9. The van der Waals surface area contributed by atoms with Gasteiger partial charge in [0.1, 0.15) is 0 Å². The Hall–Kier alpha value is -2.00. The van der Waals surface area contributed by atoms with Crippen molar-refractivity contribution in [3.8, 4) is 0 Å². The average Bonchev–Trinajstić information content (AvgIpc) is 2.46. The van der Waals surface area contributed by atoms with Gasteiger partial charge in [-0.1, -0.05) is 52.3 Å². The van der Waals surface area contributed by atoms with Crippen LogP contribution in [0.1, 0.15) is 11.3 Å².